The topological polar surface area (TPSA) is 3.24 Å². The number of likely N-dealkylation sites (tertiary alicyclic amines) is 1. The lowest BCUT2D eigenvalue weighted by atomic mass is 10.1. The highest BCUT2D eigenvalue weighted by molar-refractivity contribution is 5.01. The van der Waals surface area contributed by atoms with Crippen LogP contribution in [0.1, 0.15) is 12.8 Å². The Bertz CT molecular complexity index is 110. The van der Waals surface area contributed by atoms with Crippen LogP contribution in [0.25, 0.3) is 0 Å². The maximum atomic E-state index is 11.8. The van der Waals surface area contributed by atoms with E-state index in [1.165, 1.54) is 0 Å². The average molecular weight is 129 g/mol. The fraction of sp³-hybridized carbons (Fsp3) is 0.714. The predicted octanol–water partition coefficient (Wildman–Crippen LogP) is 1.57. The number of hydrogen-bond donors (Lipinski definition) is 0. The minimum atomic E-state index is 0.757. The van der Waals surface area contributed by atoms with Crippen LogP contribution in [0.5, 0.6) is 0 Å². The molecule has 0 aromatic carbocycles. The molecule has 1 rings (SSSR count). The van der Waals surface area contributed by atoms with Crippen LogP contribution in [-0.4, -0.2) is 25.0 Å². The summed E-state index contributed by atoms with van der Waals surface area (Å²) < 4.78 is 11.8. The van der Waals surface area contributed by atoms with Crippen molar-refractivity contribution in [3.05, 3.63) is 11.9 Å². The van der Waals surface area contributed by atoms with E-state index in [2.05, 4.69) is 11.9 Å². The lowest BCUT2D eigenvalue weighted by Crippen LogP contribution is -2.26. The van der Waals surface area contributed by atoms with Gasteiger partial charge in [-0.1, -0.05) is 0 Å². The third-order valence-electron chi connectivity index (χ3n) is 1.78. The first-order valence-electron chi connectivity index (χ1n) is 3.29. The van der Waals surface area contributed by atoms with Gasteiger partial charge in [-0.05, 0) is 25.5 Å². The summed E-state index contributed by atoms with van der Waals surface area (Å²) in [6.45, 7) is 2.02. The van der Waals surface area contributed by atoms with Gasteiger partial charge in [0.25, 0.3) is 0 Å². The normalized spacial score (nSPS) is 22.2. The van der Waals surface area contributed by atoms with Crippen LogP contribution in [0.4, 0.5) is 4.39 Å². The highest BCUT2D eigenvalue weighted by atomic mass is 19.1. The second-order valence-electron chi connectivity index (χ2n) is 2.57. The largest absolute Gasteiger partial charge is 0.306 e. The molecule has 9 heavy (non-hydrogen) atoms. The zero-order chi connectivity index (χ0) is 6.69. The first-order chi connectivity index (χ1) is 4.33. The molecule has 1 nitrogen and oxygen atoms in total. The van der Waals surface area contributed by atoms with Gasteiger partial charge in [0.2, 0.25) is 0 Å². The summed E-state index contributed by atoms with van der Waals surface area (Å²) in [6, 6.07) is 0. The first kappa shape index (κ1) is 6.75. The number of rotatable bonds is 0. The molecular formula is C7H12FN. The van der Waals surface area contributed by atoms with Crippen molar-refractivity contribution < 1.29 is 4.39 Å². The van der Waals surface area contributed by atoms with E-state index >= 15 is 0 Å². The van der Waals surface area contributed by atoms with Crippen LogP contribution >= 0.6 is 0 Å². The van der Waals surface area contributed by atoms with Gasteiger partial charge in [0, 0.05) is 13.1 Å². The van der Waals surface area contributed by atoms with E-state index < -0.39 is 0 Å². The molecule has 1 heterocycles. The molecule has 0 aromatic rings. The van der Waals surface area contributed by atoms with E-state index in [4.69, 9.17) is 0 Å². The SMILES string of the molecule is CN1CCC(=CF)CC1. The van der Waals surface area contributed by atoms with E-state index in [9.17, 15) is 4.39 Å². The smallest absolute Gasteiger partial charge is 0.0859 e. The molecule has 1 fully saturated rings. The van der Waals surface area contributed by atoms with E-state index in [-0.39, 0.29) is 0 Å². The summed E-state index contributed by atoms with van der Waals surface area (Å²) >= 11 is 0. The minimum Gasteiger partial charge on any atom is -0.306 e. The highest BCUT2D eigenvalue weighted by Gasteiger charge is 2.08. The highest BCUT2D eigenvalue weighted by Crippen LogP contribution is 2.13. The van der Waals surface area contributed by atoms with E-state index in [0.717, 1.165) is 37.8 Å². The third kappa shape index (κ3) is 1.79. The molecular weight excluding hydrogens is 117 g/mol. The molecule has 52 valence electrons. The van der Waals surface area contributed by atoms with Crippen LogP contribution in [-0.2, 0) is 0 Å². The van der Waals surface area contributed by atoms with Gasteiger partial charge in [-0.15, -0.1) is 0 Å². The van der Waals surface area contributed by atoms with Gasteiger partial charge in [-0.25, -0.2) is 4.39 Å². The predicted molar refractivity (Wildman–Crippen MR) is 35.9 cm³/mol. The Kier molecular flexibility index (Phi) is 2.22. The molecule has 1 saturated heterocycles. The van der Waals surface area contributed by atoms with Crippen molar-refractivity contribution in [1.82, 2.24) is 4.90 Å². The minimum absolute atomic E-state index is 0.757. The Morgan fingerprint density at radius 2 is 2.00 bits per heavy atom. The molecule has 0 saturated carbocycles. The van der Waals surface area contributed by atoms with Crippen molar-refractivity contribution in [3.63, 3.8) is 0 Å². The standard InChI is InChI=1S/C7H12FN/c1-9-4-2-7(6-8)3-5-9/h6H,2-5H2,1H3. The number of piperidine rings is 1. The second-order valence-corrected chi connectivity index (χ2v) is 2.57. The van der Waals surface area contributed by atoms with Crippen LogP contribution in [0.2, 0.25) is 0 Å². The van der Waals surface area contributed by atoms with Gasteiger partial charge in [-0.2, -0.15) is 0 Å². The first-order valence-corrected chi connectivity index (χ1v) is 3.29. The monoisotopic (exact) mass is 129 g/mol. The Hall–Kier alpha value is -0.370. The average Bonchev–Trinajstić information content (AvgIpc) is 1.90. The Morgan fingerprint density at radius 1 is 1.44 bits per heavy atom. The van der Waals surface area contributed by atoms with Gasteiger partial charge < -0.3 is 4.90 Å². The van der Waals surface area contributed by atoms with Crippen molar-refractivity contribution in [3.8, 4) is 0 Å². The molecule has 0 unspecified atom stereocenters. The fourth-order valence-electron chi connectivity index (χ4n) is 1.01. The van der Waals surface area contributed by atoms with E-state index in [1.54, 1.807) is 0 Å². The number of halogens is 1. The lowest BCUT2D eigenvalue weighted by Gasteiger charge is -2.22. The molecule has 1 aliphatic heterocycles. The van der Waals surface area contributed by atoms with Crippen molar-refractivity contribution in [2.45, 2.75) is 12.8 Å². The van der Waals surface area contributed by atoms with Crippen LogP contribution < -0.4 is 0 Å². The summed E-state index contributed by atoms with van der Waals surface area (Å²) in [7, 11) is 2.06. The van der Waals surface area contributed by atoms with Crippen LogP contribution in [0.3, 0.4) is 0 Å². The van der Waals surface area contributed by atoms with Crippen molar-refractivity contribution in [1.29, 1.82) is 0 Å². The molecule has 0 radical (unpaired) electrons. The van der Waals surface area contributed by atoms with Crippen molar-refractivity contribution >= 4 is 0 Å². The van der Waals surface area contributed by atoms with Gasteiger partial charge in [-0.3, -0.25) is 0 Å². The quantitative estimate of drug-likeness (QED) is 0.480. The zero-order valence-corrected chi connectivity index (χ0v) is 5.73. The molecule has 0 aromatic heterocycles. The van der Waals surface area contributed by atoms with Gasteiger partial charge in [0.1, 0.15) is 0 Å². The van der Waals surface area contributed by atoms with Crippen molar-refractivity contribution in [2.75, 3.05) is 20.1 Å². The Balaban J connectivity index is 2.35. The molecule has 0 spiro atoms. The Morgan fingerprint density at radius 3 is 2.44 bits per heavy atom. The van der Waals surface area contributed by atoms with Gasteiger partial charge in [0.05, 0.1) is 6.33 Å². The molecule has 0 N–H and O–H groups in total. The van der Waals surface area contributed by atoms with E-state index in [0.29, 0.717) is 0 Å². The third-order valence-corrected chi connectivity index (χ3v) is 1.78. The fourth-order valence-corrected chi connectivity index (χ4v) is 1.01. The van der Waals surface area contributed by atoms with Crippen LogP contribution in [0, 0.1) is 0 Å². The summed E-state index contributed by atoms with van der Waals surface area (Å²) in [5.74, 6) is 0. The number of nitrogens with zero attached hydrogens (tertiary/aromatic N) is 1. The zero-order valence-electron chi connectivity index (χ0n) is 5.73. The summed E-state index contributed by atoms with van der Waals surface area (Å²) in [5.41, 5.74) is 0.966. The maximum Gasteiger partial charge on any atom is 0.0859 e. The molecule has 0 amide bonds. The molecule has 2 heteroatoms. The Labute approximate surface area is 55.2 Å². The number of hydrogen-bond acceptors (Lipinski definition) is 1. The van der Waals surface area contributed by atoms with Gasteiger partial charge in [0.15, 0.2) is 0 Å². The maximum absolute atomic E-state index is 11.8. The van der Waals surface area contributed by atoms with Crippen molar-refractivity contribution in [2.24, 2.45) is 0 Å². The molecule has 0 bridgehead atoms. The summed E-state index contributed by atoms with van der Waals surface area (Å²) in [5, 5.41) is 0. The van der Waals surface area contributed by atoms with Gasteiger partial charge >= 0.3 is 0 Å². The second kappa shape index (κ2) is 2.97. The lowest BCUT2D eigenvalue weighted by molar-refractivity contribution is 0.310. The van der Waals surface area contributed by atoms with E-state index in [1.807, 2.05) is 0 Å². The summed E-state index contributed by atoms with van der Waals surface area (Å²) in [6.07, 6.45) is 2.58. The van der Waals surface area contributed by atoms with Crippen LogP contribution in [0.15, 0.2) is 11.9 Å². The molecule has 0 aliphatic carbocycles. The molecule has 0 atom stereocenters. The summed E-state index contributed by atoms with van der Waals surface area (Å²) in [4.78, 5) is 2.22. The molecule has 1 aliphatic rings.